The molecule has 0 rings (SSSR count). The Balaban J connectivity index is 4.33. The minimum absolute atomic E-state index is 0.123. The van der Waals surface area contributed by atoms with E-state index in [-0.39, 0.29) is 26.2 Å². The standard InChI is InChI=1S/C15H28N2O6/c1-2-3-4-5-6-7-16(10-13(18)19)8-9-17(11-14(20)21)12-15(22)23/h2-12H2,1H3,(H,18,19)(H,20,21)(H,22,23). The monoisotopic (exact) mass is 332 g/mol. The van der Waals surface area contributed by atoms with Gasteiger partial charge in [-0.15, -0.1) is 0 Å². The summed E-state index contributed by atoms with van der Waals surface area (Å²) in [4.78, 5) is 35.4. The molecule has 0 aliphatic rings. The summed E-state index contributed by atoms with van der Waals surface area (Å²) in [6.45, 7) is 2.41. The molecule has 0 heterocycles. The van der Waals surface area contributed by atoms with Gasteiger partial charge in [-0.05, 0) is 13.0 Å². The van der Waals surface area contributed by atoms with Gasteiger partial charge in [0.15, 0.2) is 0 Å². The second-order valence-electron chi connectivity index (χ2n) is 5.58. The smallest absolute Gasteiger partial charge is 0.317 e. The predicted octanol–water partition coefficient (Wildman–Crippen LogP) is 0.815. The maximum Gasteiger partial charge on any atom is 0.317 e. The summed E-state index contributed by atoms with van der Waals surface area (Å²) in [6.07, 6.45) is 5.31. The minimum atomic E-state index is -1.10. The van der Waals surface area contributed by atoms with Crippen molar-refractivity contribution in [3.8, 4) is 0 Å². The number of aliphatic carboxylic acids is 3. The Kier molecular flexibility index (Phi) is 11.9. The molecule has 0 atom stereocenters. The van der Waals surface area contributed by atoms with Crippen molar-refractivity contribution in [1.82, 2.24) is 9.80 Å². The van der Waals surface area contributed by atoms with Crippen molar-refractivity contribution in [2.24, 2.45) is 0 Å². The third-order valence-electron chi connectivity index (χ3n) is 3.39. The Hall–Kier alpha value is -1.67. The van der Waals surface area contributed by atoms with Crippen LogP contribution in [0.15, 0.2) is 0 Å². The maximum atomic E-state index is 10.9. The quantitative estimate of drug-likeness (QED) is 0.377. The van der Waals surface area contributed by atoms with Crippen molar-refractivity contribution < 1.29 is 29.7 Å². The van der Waals surface area contributed by atoms with Crippen molar-refractivity contribution in [3.05, 3.63) is 0 Å². The first-order chi connectivity index (χ1) is 10.8. The van der Waals surface area contributed by atoms with Crippen LogP contribution in [0.3, 0.4) is 0 Å². The molecule has 0 saturated heterocycles. The normalized spacial score (nSPS) is 11.1. The SMILES string of the molecule is CCCCCCCN(CCN(CC(=O)O)CC(=O)O)CC(=O)O. The Morgan fingerprint density at radius 1 is 0.652 bits per heavy atom. The lowest BCUT2D eigenvalue weighted by molar-refractivity contribution is -0.143. The number of hydrogen-bond donors (Lipinski definition) is 3. The van der Waals surface area contributed by atoms with Crippen LogP contribution in [0.25, 0.3) is 0 Å². The zero-order valence-electron chi connectivity index (χ0n) is 13.7. The first-order valence-corrected chi connectivity index (χ1v) is 7.95. The van der Waals surface area contributed by atoms with Crippen molar-refractivity contribution >= 4 is 17.9 Å². The summed E-state index contributed by atoms with van der Waals surface area (Å²) in [6, 6.07) is 0. The highest BCUT2D eigenvalue weighted by Crippen LogP contribution is 2.04. The van der Waals surface area contributed by atoms with Gasteiger partial charge in [0.25, 0.3) is 0 Å². The van der Waals surface area contributed by atoms with E-state index in [4.69, 9.17) is 15.3 Å². The van der Waals surface area contributed by atoms with Crippen LogP contribution in [-0.4, -0.2) is 82.3 Å². The third-order valence-corrected chi connectivity index (χ3v) is 3.39. The van der Waals surface area contributed by atoms with Gasteiger partial charge in [0.05, 0.1) is 19.6 Å². The summed E-state index contributed by atoms with van der Waals surface area (Å²) in [5.41, 5.74) is 0. The molecule has 0 aliphatic heterocycles. The lowest BCUT2D eigenvalue weighted by Crippen LogP contribution is -2.42. The zero-order valence-corrected chi connectivity index (χ0v) is 13.7. The molecule has 0 aliphatic carbocycles. The van der Waals surface area contributed by atoms with E-state index in [1.54, 1.807) is 4.90 Å². The first kappa shape index (κ1) is 21.3. The zero-order chi connectivity index (χ0) is 17.7. The molecular weight excluding hydrogens is 304 g/mol. The van der Waals surface area contributed by atoms with Gasteiger partial charge >= 0.3 is 17.9 Å². The fourth-order valence-corrected chi connectivity index (χ4v) is 2.28. The molecule has 0 aromatic carbocycles. The van der Waals surface area contributed by atoms with Crippen molar-refractivity contribution in [2.45, 2.75) is 39.0 Å². The first-order valence-electron chi connectivity index (χ1n) is 7.95. The molecule has 23 heavy (non-hydrogen) atoms. The van der Waals surface area contributed by atoms with Gasteiger partial charge < -0.3 is 15.3 Å². The fourth-order valence-electron chi connectivity index (χ4n) is 2.28. The Bertz CT molecular complexity index is 359. The number of carboxylic acid groups (broad SMARTS) is 3. The topological polar surface area (TPSA) is 118 Å². The van der Waals surface area contributed by atoms with Crippen molar-refractivity contribution in [3.63, 3.8) is 0 Å². The molecule has 0 amide bonds. The number of carboxylic acids is 3. The van der Waals surface area contributed by atoms with E-state index in [1.165, 1.54) is 4.90 Å². The fraction of sp³-hybridized carbons (Fsp3) is 0.800. The van der Waals surface area contributed by atoms with Crippen molar-refractivity contribution in [1.29, 1.82) is 0 Å². The van der Waals surface area contributed by atoms with E-state index in [2.05, 4.69) is 6.92 Å². The number of carbonyl (C=O) groups is 3. The van der Waals surface area contributed by atoms with Crippen LogP contribution in [0.1, 0.15) is 39.0 Å². The molecule has 0 radical (unpaired) electrons. The summed E-state index contributed by atoms with van der Waals surface area (Å²) in [5, 5.41) is 26.5. The summed E-state index contributed by atoms with van der Waals surface area (Å²) in [5.74, 6) is -3.15. The largest absolute Gasteiger partial charge is 0.480 e. The molecule has 0 saturated carbocycles. The average molecular weight is 332 g/mol. The van der Waals surface area contributed by atoms with Crippen LogP contribution < -0.4 is 0 Å². The number of nitrogens with zero attached hydrogens (tertiary/aromatic N) is 2. The van der Waals surface area contributed by atoms with Gasteiger partial charge in [-0.25, -0.2) is 0 Å². The summed E-state index contributed by atoms with van der Waals surface area (Å²) in [7, 11) is 0. The van der Waals surface area contributed by atoms with E-state index in [1.807, 2.05) is 0 Å². The van der Waals surface area contributed by atoms with E-state index >= 15 is 0 Å². The van der Waals surface area contributed by atoms with Crippen LogP contribution >= 0.6 is 0 Å². The molecule has 8 heteroatoms. The number of hydrogen-bond acceptors (Lipinski definition) is 5. The van der Waals surface area contributed by atoms with Gasteiger partial charge in [-0.2, -0.15) is 0 Å². The average Bonchev–Trinajstić information content (AvgIpc) is 2.42. The molecule has 8 nitrogen and oxygen atoms in total. The van der Waals surface area contributed by atoms with E-state index in [0.29, 0.717) is 13.1 Å². The van der Waals surface area contributed by atoms with Gasteiger partial charge in [0.2, 0.25) is 0 Å². The van der Waals surface area contributed by atoms with Crippen LogP contribution in [0, 0.1) is 0 Å². The van der Waals surface area contributed by atoms with Crippen LogP contribution in [0.4, 0.5) is 0 Å². The molecule has 0 aromatic heterocycles. The van der Waals surface area contributed by atoms with Crippen LogP contribution in [0.5, 0.6) is 0 Å². The van der Waals surface area contributed by atoms with E-state index in [9.17, 15) is 14.4 Å². The van der Waals surface area contributed by atoms with Crippen LogP contribution in [0.2, 0.25) is 0 Å². The molecule has 134 valence electrons. The molecule has 0 fully saturated rings. The highest BCUT2D eigenvalue weighted by Gasteiger charge is 2.16. The van der Waals surface area contributed by atoms with Crippen LogP contribution in [-0.2, 0) is 14.4 Å². The van der Waals surface area contributed by atoms with E-state index < -0.39 is 17.9 Å². The third kappa shape index (κ3) is 13.7. The Labute approximate surface area is 136 Å². The highest BCUT2D eigenvalue weighted by atomic mass is 16.4. The van der Waals surface area contributed by atoms with Gasteiger partial charge in [-0.3, -0.25) is 24.2 Å². The maximum absolute atomic E-state index is 10.9. The second kappa shape index (κ2) is 12.8. The lowest BCUT2D eigenvalue weighted by Gasteiger charge is -2.24. The molecule has 3 N–H and O–H groups in total. The lowest BCUT2D eigenvalue weighted by atomic mass is 10.1. The number of rotatable bonds is 15. The van der Waals surface area contributed by atoms with Gasteiger partial charge in [0.1, 0.15) is 0 Å². The minimum Gasteiger partial charge on any atom is -0.480 e. The van der Waals surface area contributed by atoms with Gasteiger partial charge in [-0.1, -0.05) is 32.6 Å². The Morgan fingerprint density at radius 3 is 1.57 bits per heavy atom. The Morgan fingerprint density at radius 2 is 1.09 bits per heavy atom. The van der Waals surface area contributed by atoms with Gasteiger partial charge in [0, 0.05) is 13.1 Å². The molecular formula is C15H28N2O6. The summed E-state index contributed by atoms with van der Waals surface area (Å²) >= 11 is 0. The summed E-state index contributed by atoms with van der Waals surface area (Å²) < 4.78 is 0. The number of unbranched alkanes of at least 4 members (excludes halogenated alkanes) is 4. The molecule has 0 spiro atoms. The molecule has 0 bridgehead atoms. The molecule has 0 aromatic rings. The highest BCUT2D eigenvalue weighted by molar-refractivity contribution is 5.72. The molecule has 0 unspecified atom stereocenters. The second-order valence-corrected chi connectivity index (χ2v) is 5.58. The van der Waals surface area contributed by atoms with Crippen molar-refractivity contribution in [2.75, 3.05) is 39.3 Å². The van der Waals surface area contributed by atoms with E-state index in [0.717, 1.165) is 32.1 Å². The predicted molar refractivity (Wildman–Crippen MR) is 84.5 cm³/mol.